The lowest BCUT2D eigenvalue weighted by Crippen LogP contribution is -2.39. The molecule has 1 fully saturated rings. The Balaban J connectivity index is 2.42. The number of aryl methyl sites for hydroxylation is 1. The molecule has 7 nitrogen and oxygen atoms in total. The highest BCUT2D eigenvalue weighted by atomic mass is 16.5. The number of aromatic nitrogens is 2. The average molecular weight is 279 g/mol. The van der Waals surface area contributed by atoms with Gasteiger partial charge >= 0.3 is 0 Å². The lowest BCUT2D eigenvalue weighted by molar-refractivity contribution is 0.0853. The van der Waals surface area contributed by atoms with Crippen LogP contribution in [0.4, 0.5) is 5.82 Å². The summed E-state index contributed by atoms with van der Waals surface area (Å²) in [6.07, 6.45) is 1.86. The van der Waals surface area contributed by atoms with Crippen LogP contribution in [0.1, 0.15) is 29.7 Å². The van der Waals surface area contributed by atoms with Gasteiger partial charge < -0.3 is 20.6 Å². The molecule has 0 saturated carbocycles. The molecule has 0 aromatic carbocycles. The summed E-state index contributed by atoms with van der Waals surface area (Å²) in [5, 5.41) is 20.5. The molecular formula is C13H21N5O2. The van der Waals surface area contributed by atoms with E-state index in [1.54, 1.807) is 0 Å². The number of hydrogen-bond acceptors (Lipinski definition) is 6. The summed E-state index contributed by atoms with van der Waals surface area (Å²) in [6, 6.07) is 0.324. The summed E-state index contributed by atoms with van der Waals surface area (Å²) >= 11 is 0. The normalized spacial score (nSPS) is 17.2. The zero-order chi connectivity index (χ0) is 14.7. The lowest BCUT2D eigenvalue weighted by Gasteiger charge is -2.33. The Morgan fingerprint density at radius 3 is 2.60 bits per heavy atom. The van der Waals surface area contributed by atoms with Gasteiger partial charge in [-0.3, -0.25) is 0 Å². The first-order chi connectivity index (χ1) is 9.56. The highest BCUT2D eigenvalue weighted by Gasteiger charge is 2.25. The number of ether oxygens (including phenoxy) is 1. The maximum absolute atomic E-state index is 9.00. The van der Waals surface area contributed by atoms with Crippen molar-refractivity contribution in [3.8, 4) is 0 Å². The molecule has 1 aromatic heterocycles. The van der Waals surface area contributed by atoms with Gasteiger partial charge in [0, 0.05) is 26.3 Å². The third-order valence-corrected chi connectivity index (χ3v) is 3.87. The molecular weight excluding hydrogens is 258 g/mol. The van der Waals surface area contributed by atoms with Crippen molar-refractivity contribution in [2.24, 2.45) is 10.9 Å². The predicted molar refractivity (Wildman–Crippen MR) is 76.3 cm³/mol. The van der Waals surface area contributed by atoms with Crippen LogP contribution in [0.15, 0.2) is 5.16 Å². The molecule has 110 valence electrons. The van der Waals surface area contributed by atoms with E-state index in [0.717, 1.165) is 37.3 Å². The van der Waals surface area contributed by atoms with Gasteiger partial charge in [-0.25, -0.2) is 0 Å². The molecule has 0 atom stereocenters. The summed E-state index contributed by atoms with van der Waals surface area (Å²) < 4.78 is 5.38. The summed E-state index contributed by atoms with van der Waals surface area (Å²) in [5.74, 6) is 0.713. The van der Waals surface area contributed by atoms with Gasteiger partial charge in [-0.15, -0.1) is 5.10 Å². The van der Waals surface area contributed by atoms with E-state index in [0.29, 0.717) is 17.4 Å². The Labute approximate surface area is 118 Å². The molecule has 0 bridgehead atoms. The number of amidine groups is 1. The van der Waals surface area contributed by atoms with Crippen LogP contribution in [-0.2, 0) is 4.74 Å². The number of rotatable bonds is 3. The molecule has 0 spiro atoms. The van der Waals surface area contributed by atoms with E-state index in [-0.39, 0.29) is 5.84 Å². The maximum Gasteiger partial charge on any atom is 0.174 e. The van der Waals surface area contributed by atoms with Crippen molar-refractivity contribution in [3.05, 3.63) is 16.8 Å². The molecule has 1 aliphatic rings. The SMILES string of the molecule is Cc1nnc(N(C)C2CCOCC2)c(/C(N)=N/O)c1C. The van der Waals surface area contributed by atoms with E-state index < -0.39 is 0 Å². The van der Waals surface area contributed by atoms with Gasteiger partial charge in [-0.05, 0) is 32.3 Å². The molecule has 7 heteroatoms. The first-order valence-corrected chi connectivity index (χ1v) is 6.68. The second-order valence-electron chi connectivity index (χ2n) is 5.05. The zero-order valence-corrected chi connectivity index (χ0v) is 12.1. The fourth-order valence-corrected chi connectivity index (χ4v) is 2.44. The van der Waals surface area contributed by atoms with E-state index in [1.807, 2.05) is 20.9 Å². The third kappa shape index (κ3) is 2.67. The molecule has 0 radical (unpaired) electrons. The number of nitrogens with two attached hydrogens (primary N) is 1. The molecule has 3 N–H and O–H groups in total. The lowest BCUT2D eigenvalue weighted by atomic mass is 10.0. The zero-order valence-electron chi connectivity index (χ0n) is 12.1. The summed E-state index contributed by atoms with van der Waals surface area (Å²) in [6.45, 7) is 5.24. The van der Waals surface area contributed by atoms with Crippen LogP contribution in [0.3, 0.4) is 0 Å². The van der Waals surface area contributed by atoms with Crippen LogP contribution in [0, 0.1) is 13.8 Å². The maximum atomic E-state index is 9.00. The van der Waals surface area contributed by atoms with Gasteiger partial charge in [0.1, 0.15) is 0 Å². The minimum absolute atomic E-state index is 0.0643. The van der Waals surface area contributed by atoms with E-state index >= 15 is 0 Å². The fraction of sp³-hybridized carbons (Fsp3) is 0.615. The van der Waals surface area contributed by atoms with Gasteiger partial charge in [0.25, 0.3) is 0 Å². The number of anilines is 1. The fourth-order valence-electron chi connectivity index (χ4n) is 2.44. The molecule has 1 aromatic rings. The minimum Gasteiger partial charge on any atom is -0.409 e. The van der Waals surface area contributed by atoms with Crippen molar-refractivity contribution in [3.63, 3.8) is 0 Å². The average Bonchev–Trinajstić information content (AvgIpc) is 2.49. The van der Waals surface area contributed by atoms with Crippen molar-refractivity contribution in [1.82, 2.24) is 10.2 Å². The largest absolute Gasteiger partial charge is 0.409 e. The van der Waals surface area contributed by atoms with E-state index in [9.17, 15) is 0 Å². The molecule has 1 saturated heterocycles. The minimum atomic E-state index is 0.0643. The Hall–Kier alpha value is -1.89. The van der Waals surface area contributed by atoms with E-state index in [1.165, 1.54) is 0 Å². The molecule has 0 aliphatic carbocycles. The van der Waals surface area contributed by atoms with Gasteiger partial charge in [0.15, 0.2) is 11.7 Å². The Kier molecular flexibility index (Phi) is 4.39. The quantitative estimate of drug-likeness (QED) is 0.368. The predicted octanol–water partition coefficient (Wildman–Crippen LogP) is 0.803. The number of nitrogens with zero attached hydrogens (tertiary/aromatic N) is 4. The van der Waals surface area contributed by atoms with Crippen molar-refractivity contribution in [2.45, 2.75) is 32.7 Å². The van der Waals surface area contributed by atoms with E-state index in [4.69, 9.17) is 15.7 Å². The van der Waals surface area contributed by atoms with Crippen molar-refractivity contribution in [2.75, 3.05) is 25.2 Å². The van der Waals surface area contributed by atoms with Crippen molar-refractivity contribution < 1.29 is 9.94 Å². The van der Waals surface area contributed by atoms with Crippen LogP contribution in [0.2, 0.25) is 0 Å². The third-order valence-electron chi connectivity index (χ3n) is 3.87. The molecule has 1 aliphatic heterocycles. The van der Waals surface area contributed by atoms with Gasteiger partial charge in [-0.1, -0.05) is 5.16 Å². The Bertz CT molecular complexity index is 512. The van der Waals surface area contributed by atoms with Crippen LogP contribution in [0.5, 0.6) is 0 Å². The molecule has 20 heavy (non-hydrogen) atoms. The summed E-state index contributed by atoms with van der Waals surface area (Å²) in [5.41, 5.74) is 8.11. The summed E-state index contributed by atoms with van der Waals surface area (Å²) in [7, 11) is 1.96. The van der Waals surface area contributed by atoms with Crippen LogP contribution >= 0.6 is 0 Å². The standard InChI is InChI=1S/C13H21N5O2/c1-8-9(2)15-16-13(11(8)12(14)17-19)18(3)10-4-6-20-7-5-10/h10,19H,4-7H2,1-3H3,(H2,14,17). The molecule has 2 heterocycles. The number of hydrogen-bond donors (Lipinski definition) is 2. The van der Waals surface area contributed by atoms with Crippen molar-refractivity contribution >= 4 is 11.7 Å². The van der Waals surface area contributed by atoms with Gasteiger partial charge in [0.05, 0.1) is 11.3 Å². The highest BCUT2D eigenvalue weighted by molar-refractivity contribution is 6.02. The van der Waals surface area contributed by atoms with Gasteiger partial charge in [0.2, 0.25) is 0 Å². The first-order valence-electron chi connectivity index (χ1n) is 6.68. The molecule has 0 unspecified atom stereocenters. The van der Waals surface area contributed by atoms with Crippen LogP contribution in [0.25, 0.3) is 0 Å². The summed E-state index contributed by atoms with van der Waals surface area (Å²) in [4.78, 5) is 2.05. The van der Waals surface area contributed by atoms with Gasteiger partial charge in [-0.2, -0.15) is 5.10 Å². The van der Waals surface area contributed by atoms with Crippen LogP contribution in [-0.4, -0.2) is 47.5 Å². The topological polar surface area (TPSA) is 96.9 Å². The second-order valence-corrected chi connectivity index (χ2v) is 5.05. The highest BCUT2D eigenvalue weighted by Crippen LogP contribution is 2.25. The first kappa shape index (κ1) is 14.5. The van der Waals surface area contributed by atoms with Crippen LogP contribution < -0.4 is 10.6 Å². The smallest absolute Gasteiger partial charge is 0.174 e. The second kappa shape index (κ2) is 6.04. The Morgan fingerprint density at radius 1 is 1.35 bits per heavy atom. The van der Waals surface area contributed by atoms with Crippen molar-refractivity contribution in [1.29, 1.82) is 0 Å². The molecule has 2 rings (SSSR count). The monoisotopic (exact) mass is 279 g/mol. The Morgan fingerprint density at radius 2 is 2.00 bits per heavy atom. The number of oxime groups is 1. The molecule has 0 amide bonds. The van der Waals surface area contributed by atoms with E-state index in [2.05, 4.69) is 20.3 Å².